The van der Waals surface area contributed by atoms with Gasteiger partial charge in [-0.1, -0.05) is 96.5 Å². The maximum Gasteiger partial charge on any atom is 0.318 e. The first-order valence-corrected chi connectivity index (χ1v) is 11.9. The molecule has 0 fully saturated rings. The summed E-state index contributed by atoms with van der Waals surface area (Å²) in [6, 6.07) is 27.6. The van der Waals surface area contributed by atoms with Gasteiger partial charge in [-0.3, -0.25) is 19.2 Å². The summed E-state index contributed by atoms with van der Waals surface area (Å²) in [6.45, 7) is -0.557. The first-order chi connectivity index (χ1) is 17.9. The summed E-state index contributed by atoms with van der Waals surface area (Å²) in [4.78, 5) is 51.6. The molecule has 4 aromatic rings. The molecule has 0 radical (unpaired) electrons. The van der Waals surface area contributed by atoms with Crippen molar-refractivity contribution in [2.45, 2.75) is 5.92 Å². The van der Waals surface area contributed by atoms with Crippen LogP contribution in [0.5, 0.6) is 0 Å². The van der Waals surface area contributed by atoms with Gasteiger partial charge >= 0.3 is 5.97 Å². The highest BCUT2D eigenvalue weighted by molar-refractivity contribution is 6.36. The number of nitrogens with one attached hydrogen (secondary N) is 1. The Balaban J connectivity index is 1.32. The molecule has 0 atom stereocenters. The van der Waals surface area contributed by atoms with Gasteiger partial charge in [-0.05, 0) is 23.3 Å². The van der Waals surface area contributed by atoms with E-state index in [2.05, 4.69) is 5.32 Å². The molecule has 0 bridgehead atoms. The van der Waals surface area contributed by atoms with Gasteiger partial charge in [-0.15, -0.1) is 0 Å². The van der Waals surface area contributed by atoms with Gasteiger partial charge in [0.25, 0.3) is 5.91 Å². The number of carbonyl (C=O) groups excluding carboxylic acids is 4. The SMILES string of the molecule is O=C(COC(=O)C(c1ccccc1)c1ccccc1)Nc1cc2c(cc1Cl)C(=O)c1ccccc1C2=O. The minimum Gasteiger partial charge on any atom is -0.455 e. The number of amides is 1. The second-order valence-corrected chi connectivity index (χ2v) is 8.90. The Hall–Kier alpha value is -4.55. The standard InChI is InChI=1S/C30H20ClNO5/c31-24-15-22-23(29(35)21-14-8-7-13-20(21)28(22)34)16-25(24)32-26(33)17-37-30(36)27(18-9-3-1-4-10-18)19-11-5-2-6-12-19/h1-16,27H,17H2,(H,32,33). The molecule has 6 nitrogen and oxygen atoms in total. The van der Waals surface area contributed by atoms with Crippen molar-refractivity contribution in [3.8, 4) is 0 Å². The number of hydrogen-bond donors (Lipinski definition) is 1. The van der Waals surface area contributed by atoms with Crippen molar-refractivity contribution in [2.24, 2.45) is 0 Å². The van der Waals surface area contributed by atoms with Gasteiger partial charge in [0.1, 0.15) is 5.92 Å². The highest BCUT2D eigenvalue weighted by Crippen LogP contribution is 2.33. The van der Waals surface area contributed by atoms with Gasteiger partial charge in [-0.25, -0.2) is 0 Å². The summed E-state index contributed by atoms with van der Waals surface area (Å²) >= 11 is 6.33. The third-order valence-electron chi connectivity index (χ3n) is 6.13. The molecule has 0 saturated carbocycles. The molecule has 37 heavy (non-hydrogen) atoms. The van der Waals surface area contributed by atoms with Gasteiger partial charge in [0, 0.05) is 22.3 Å². The molecule has 0 heterocycles. The average molecular weight is 510 g/mol. The van der Waals surface area contributed by atoms with Crippen LogP contribution in [0.3, 0.4) is 0 Å². The minimum atomic E-state index is -0.703. The van der Waals surface area contributed by atoms with Gasteiger partial charge in [-0.2, -0.15) is 0 Å². The van der Waals surface area contributed by atoms with Crippen LogP contribution < -0.4 is 5.32 Å². The fourth-order valence-corrected chi connectivity index (χ4v) is 4.59. The lowest BCUT2D eigenvalue weighted by Gasteiger charge is -2.19. The highest BCUT2D eigenvalue weighted by atomic mass is 35.5. The van der Waals surface area contributed by atoms with Crippen molar-refractivity contribution in [1.29, 1.82) is 0 Å². The summed E-state index contributed by atoms with van der Waals surface area (Å²) in [7, 11) is 0. The smallest absolute Gasteiger partial charge is 0.318 e. The number of ketones is 2. The zero-order valence-electron chi connectivity index (χ0n) is 19.4. The van der Waals surface area contributed by atoms with Gasteiger partial charge in [0.2, 0.25) is 0 Å². The molecular formula is C30H20ClNO5. The van der Waals surface area contributed by atoms with Crippen LogP contribution in [0.2, 0.25) is 5.02 Å². The fraction of sp³-hybridized carbons (Fsp3) is 0.0667. The Labute approximate surface area is 217 Å². The predicted molar refractivity (Wildman–Crippen MR) is 139 cm³/mol. The van der Waals surface area contributed by atoms with E-state index < -0.39 is 24.4 Å². The van der Waals surface area contributed by atoms with E-state index in [1.807, 2.05) is 60.7 Å². The quantitative estimate of drug-likeness (QED) is 0.308. The molecule has 7 heteroatoms. The highest BCUT2D eigenvalue weighted by Gasteiger charge is 2.31. The van der Waals surface area contributed by atoms with Crippen LogP contribution in [-0.2, 0) is 14.3 Å². The van der Waals surface area contributed by atoms with Crippen molar-refractivity contribution < 1.29 is 23.9 Å². The molecule has 0 unspecified atom stereocenters. The van der Waals surface area contributed by atoms with Gasteiger partial charge in [0.15, 0.2) is 18.2 Å². The third-order valence-corrected chi connectivity index (χ3v) is 6.45. The molecule has 5 rings (SSSR count). The van der Waals surface area contributed by atoms with E-state index in [1.165, 1.54) is 12.1 Å². The molecule has 0 saturated heterocycles. The summed E-state index contributed by atoms with van der Waals surface area (Å²) in [6.07, 6.45) is 0. The Morgan fingerprint density at radius 2 is 1.19 bits per heavy atom. The lowest BCUT2D eigenvalue weighted by atomic mass is 9.84. The second kappa shape index (κ2) is 10.2. The number of rotatable bonds is 6. The summed E-state index contributed by atoms with van der Waals surface area (Å²) in [5, 5.41) is 2.67. The van der Waals surface area contributed by atoms with E-state index in [9.17, 15) is 19.2 Å². The summed E-state index contributed by atoms with van der Waals surface area (Å²) in [5.74, 6) is -2.57. The Morgan fingerprint density at radius 1 is 0.703 bits per heavy atom. The fourth-order valence-electron chi connectivity index (χ4n) is 4.38. The van der Waals surface area contributed by atoms with Crippen LogP contribution in [0.25, 0.3) is 0 Å². The number of esters is 1. The lowest BCUT2D eigenvalue weighted by molar-refractivity contribution is -0.147. The van der Waals surface area contributed by atoms with E-state index in [1.54, 1.807) is 24.3 Å². The molecule has 1 aliphatic carbocycles. The van der Waals surface area contributed by atoms with E-state index in [0.29, 0.717) is 11.1 Å². The monoisotopic (exact) mass is 509 g/mol. The molecule has 1 aliphatic rings. The van der Waals surface area contributed by atoms with E-state index >= 15 is 0 Å². The van der Waals surface area contributed by atoms with Crippen LogP contribution in [0, 0.1) is 0 Å². The molecule has 0 spiro atoms. The van der Waals surface area contributed by atoms with Crippen LogP contribution in [-0.4, -0.2) is 30.0 Å². The number of carbonyl (C=O) groups is 4. The molecular weight excluding hydrogens is 490 g/mol. The number of anilines is 1. The molecule has 1 N–H and O–H groups in total. The van der Waals surface area contributed by atoms with Crippen molar-refractivity contribution in [1.82, 2.24) is 0 Å². The number of fused-ring (bicyclic) bond motifs is 2. The van der Waals surface area contributed by atoms with E-state index in [4.69, 9.17) is 16.3 Å². The first-order valence-electron chi connectivity index (χ1n) is 11.5. The normalized spacial score (nSPS) is 12.1. The van der Waals surface area contributed by atoms with Crippen LogP contribution in [0.4, 0.5) is 5.69 Å². The minimum absolute atomic E-state index is 0.0883. The Kier molecular flexibility index (Phi) is 6.66. The van der Waals surface area contributed by atoms with Crippen LogP contribution in [0.1, 0.15) is 48.9 Å². The lowest BCUT2D eigenvalue weighted by Crippen LogP contribution is -2.25. The van der Waals surface area contributed by atoms with Crippen molar-refractivity contribution in [2.75, 3.05) is 11.9 Å². The van der Waals surface area contributed by atoms with Gasteiger partial charge < -0.3 is 10.1 Å². The number of ether oxygens (including phenoxy) is 1. The maximum absolute atomic E-state index is 13.0. The second-order valence-electron chi connectivity index (χ2n) is 8.49. The van der Waals surface area contributed by atoms with Gasteiger partial charge in [0.05, 0.1) is 10.7 Å². The van der Waals surface area contributed by atoms with Crippen LogP contribution in [0.15, 0.2) is 97.1 Å². The molecule has 1 amide bonds. The van der Waals surface area contributed by atoms with Crippen molar-refractivity contribution in [3.05, 3.63) is 135 Å². The number of benzene rings is 4. The van der Waals surface area contributed by atoms with Crippen LogP contribution >= 0.6 is 11.6 Å². The molecule has 0 aliphatic heterocycles. The molecule has 4 aromatic carbocycles. The first kappa shape index (κ1) is 24.2. The zero-order chi connectivity index (χ0) is 25.9. The van der Waals surface area contributed by atoms with E-state index in [-0.39, 0.29) is 33.4 Å². The topological polar surface area (TPSA) is 89.5 Å². The third kappa shape index (κ3) is 4.79. The zero-order valence-corrected chi connectivity index (χ0v) is 20.2. The Morgan fingerprint density at radius 3 is 1.73 bits per heavy atom. The maximum atomic E-state index is 13.0. The average Bonchev–Trinajstić information content (AvgIpc) is 2.93. The summed E-state index contributed by atoms with van der Waals surface area (Å²) in [5.41, 5.74) is 2.54. The molecule has 182 valence electrons. The van der Waals surface area contributed by atoms with Crippen molar-refractivity contribution in [3.63, 3.8) is 0 Å². The summed E-state index contributed by atoms with van der Waals surface area (Å²) < 4.78 is 5.37. The Bertz CT molecular complexity index is 1490. The predicted octanol–water partition coefficient (Wildman–Crippen LogP) is 5.43. The number of hydrogen-bond acceptors (Lipinski definition) is 5. The van der Waals surface area contributed by atoms with Crippen molar-refractivity contribution >= 4 is 40.7 Å². The molecule has 0 aromatic heterocycles. The number of halogens is 1. The largest absolute Gasteiger partial charge is 0.455 e. The van der Waals surface area contributed by atoms with E-state index in [0.717, 1.165) is 11.1 Å².